The van der Waals surface area contributed by atoms with Crippen molar-refractivity contribution in [3.63, 3.8) is 0 Å². The SMILES string of the molecule is CC(O)CCCNC(=O)c1cc2ccccc2o1. The monoisotopic (exact) mass is 247 g/mol. The predicted octanol–water partition coefficient (Wildman–Crippen LogP) is 2.32. The van der Waals surface area contributed by atoms with Crippen LogP contribution in [0.1, 0.15) is 30.3 Å². The highest BCUT2D eigenvalue weighted by Gasteiger charge is 2.11. The maximum atomic E-state index is 11.8. The average molecular weight is 247 g/mol. The van der Waals surface area contributed by atoms with Crippen LogP contribution in [0.2, 0.25) is 0 Å². The molecule has 1 unspecified atom stereocenters. The van der Waals surface area contributed by atoms with Crippen LogP contribution in [-0.2, 0) is 0 Å². The Kier molecular flexibility index (Phi) is 3.99. The third-order valence-corrected chi connectivity index (χ3v) is 2.73. The van der Waals surface area contributed by atoms with Crippen LogP contribution in [0.25, 0.3) is 11.0 Å². The summed E-state index contributed by atoms with van der Waals surface area (Å²) in [6.45, 7) is 2.28. The maximum Gasteiger partial charge on any atom is 0.287 e. The Bertz CT molecular complexity index is 498. The Morgan fingerprint density at radius 3 is 2.94 bits per heavy atom. The number of hydrogen-bond donors (Lipinski definition) is 2. The average Bonchev–Trinajstić information content (AvgIpc) is 2.78. The molecule has 4 nitrogen and oxygen atoms in total. The number of rotatable bonds is 5. The van der Waals surface area contributed by atoms with Gasteiger partial charge in [0, 0.05) is 11.9 Å². The molecule has 1 amide bonds. The second-order valence-corrected chi connectivity index (χ2v) is 4.40. The molecule has 0 aliphatic carbocycles. The Morgan fingerprint density at radius 2 is 2.22 bits per heavy atom. The van der Waals surface area contributed by atoms with Crippen molar-refractivity contribution in [2.75, 3.05) is 6.54 Å². The van der Waals surface area contributed by atoms with Gasteiger partial charge in [-0.15, -0.1) is 0 Å². The van der Waals surface area contributed by atoms with E-state index in [-0.39, 0.29) is 12.0 Å². The van der Waals surface area contributed by atoms with Crippen molar-refractivity contribution in [2.45, 2.75) is 25.9 Å². The third-order valence-electron chi connectivity index (χ3n) is 2.73. The number of aliphatic hydroxyl groups is 1. The zero-order valence-corrected chi connectivity index (χ0v) is 10.3. The first-order chi connectivity index (χ1) is 8.66. The van der Waals surface area contributed by atoms with Gasteiger partial charge in [-0.25, -0.2) is 0 Å². The molecule has 0 radical (unpaired) electrons. The lowest BCUT2D eigenvalue weighted by Crippen LogP contribution is -2.24. The van der Waals surface area contributed by atoms with Crippen LogP contribution in [0.4, 0.5) is 0 Å². The van der Waals surface area contributed by atoms with Gasteiger partial charge in [-0.2, -0.15) is 0 Å². The quantitative estimate of drug-likeness (QED) is 0.797. The van der Waals surface area contributed by atoms with Gasteiger partial charge in [-0.3, -0.25) is 4.79 Å². The fraction of sp³-hybridized carbons (Fsp3) is 0.357. The Hall–Kier alpha value is -1.81. The number of benzene rings is 1. The van der Waals surface area contributed by atoms with E-state index < -0.39 is 0 Å². The van der Waals surface area contributed by atoms with Crippen molar-refractivity contribution in [2.24, 2.45) is 0 Å². The van der Waals surface area contributed by atoms with E-state index in [0.717, 1.165) is 11.8 Å². The summed E-state index contributed by atoms with van der Waals surface area (Å²) >= 11 is 0. The Morgan fingerprint density at radius 1 is 1.44 bits per heavy atom. The van der Waals surface area contributed by atoms with E-state index in [1.807, 2.05) is 24.3 Å². The second-order valence-electron chi connectivity index (χ2n) is 4.40. The smallest absolute Gasteiger partial charge is 0.287 e. The molecule has 2 aromatic rings. The van der Waals surface area contributed by atoms with Gasteiger partial charge in [0.2, 0.25) is 0 Å². The number of hydrogen-bond acceptors (Lipinski definition) is 3. The molecule has 0 bridgehead atoms. The normalized spacial score (nSPS) is 12.6. The lowest BCUT2D eigenvalue weighted by molar-refractivity contribution is 0.0924. The van der Waals surface area contributed by atoms with Crippen LogP contribution in [-0.4, -0.2) is 23.7 Å². The van der Waals surface area contributed by atoms with E-state index >= 15 is 0 Å². The summed E-state index contributed by atoms with van der Waals surface area (Å²) in [6, 6.07) is 9.25. The van der Waals surface area contributed by atoms with Crippen LogP contribution in [0.15, 0.2) is 34.7 Å². The van der Waals surface area contributed by atoms with E-state index in [0.29, 0.717) is 24.3 Å². The summed E-state index contributed by atoms with van der Waals surface area (Å²) in [6.07, 6.45) is 1.11. The molecule has 1 atom stereocenters. The van der Waals surface area contributed by atoms with Crippen molar-refractivity contribution < 1.29 is 14.3 Å². The van der Waals surface area contributed by atoms with Crippen LogP contribution >= 0.6 is 0 Å². The predicted molar refractivity (Wildman–Crippen MR) is 69.5 cm³/mol. The van der Waals surface area contributed by atoms with E-state index in [1.54, 1.807) is 13.0 Å². The molecule has 2 N–H and O–H groups in total. The summed E-state index contributed by atoms with van der Waals surface area (Å²) in [5.41, 5.74) is 0.714. The molecule has 4 heteroatoms. The highest BCUT2D eigenvalue weighted by Crippen LogP contribution is 2.18. The summed E-state index contributed by atoms with van der Waals surface area (Å²) in [7, 11) is 0. The highest BCUT2D eigenvalue weighted by atomic mass is 16.3. The van der Waals surface area contributed by atoms with Gasteiger partial charge in [0.15, 0.2) is 5.76 Å². The number of amides is 1. The lowest BCUT2D eigenvalue weighted by atomic mass is 10.2. The zero-order valence-electron chi connectivity index (χ0n) is 10.3. The van der Waals surface area contributed by atoms with Gasteiger partial charge in [-0.05, 0) is 31.9 Å². The molecule has 1 heterocycles. The molecular weight excluding hydrogens is 230 g/mol. The highest BCUT2D eigenvalue weighted by molar-refractivity contribution is 5.95. The molecule has 0 spiro atoms. The fourth-order valence-electron chi connectivity index (χ4n) is 1.78. The standard InChI is InChI=1S/C14H17NO3/c1-10(16)5-4-8-15-14(17)13-9-11-6-2-3-7-12(11)18-13/h2-3,6-7,9-10,16H,4-5,8H2,1H3,(H,15,17). The number of fused-ring (bicyclic) bond motifs is 1. The number of carbonyl (C=O) groups is 1. The minimum absolute atomic E-state index is 0.211. The first-order valence-corrected chi connectivity index (χ1v) is 6.11. The molecule has 0 saturated heterocycles. The van der Waals surface area contributed by atoms with Crippen molar-refractivity contribution in [1.29, 1.82) is 0 Å². The third kappa shape index (κ3) is 3.11. The van der Waals surface area contributed by atoms with Crippen molar-refractivity contribution in [3.05, 3.63) is 36.1 Å². The summed E-state index contributed by atoms with van der Waals surface area (Å²) in [5, 5.41) is 12.8. The van der Waals surface area contributed by atoms with E-state index in [1.165, 1.54) is 0 Å². The maximum absolute atomic E-state index is 11.8. The van der Waals surface area contributed by atoms with Gasteiger partial charge >= 0.3 is 0 Å². The Balaban J connectivity index is 1.92. The van der Waals surface area contributed by atoms with Gasteiger partial charge in [0.05, 0.1) is 6.10 Å². The summed E-state index contributed by atoms with van der Waals surface area (Å²) in [4.78, 5) is 11.8. The van der Waals surface area contributed by atoms with Gasteiger partial charge < -0.3 is 14.8 Å². The number of para-hydroxylation sites is 1. The molecule has 0 saturated carbocycles. The first-order valence-electron chi connectivity index (χ1n) is 6.11. The molecule has 1 aromatic carbocycles. The first kappa shape index (κ1) is 12.6. The van der Waals surface area contributed by atoms with Crippen molar-refractivity contribution >= 4 is 16.9 Å². The molecular formula is C14H17NO3. The number of furan rings is 1. The second kappa shape index (κ2) is 5.69. The molecule has 18 heavy (non-hydrogen) atoms. The molecule has 2 rings (SSSR count). The number of nitrogens with one attached hydrogen (secondary N) is 1. The zero-order chi connectivity index (χ0) is 13.0. The van der Waals surface area contributed by atoms with E-state index in [4.69, 9.17) is 9.52 Å². The van der Waals surface area contributed by atoms with Crippen molar-refractivity contribution in [3.8, 4) is 0 Å². The molecule has 0 aliphatic rings. The van der Waals surface area contributed by atoms with Crippen LogP contribution in [0, 0.1) is 0 Å². The summed E-state index contributed by atoms with van der Waals surface area (Å²) < 4.78 is 5.45. The molecule has 0 aliphatic heterocycles. The number of aliphatic hydroxyl groups excluding tert-OH is 1. The topological polar surface area (TPSA) is 62.5 Å². The number of carbonyl (C=O) groups excluding carboxylic acids is 1. The molecule has 1 aromatic heterocycles. The minimum Gasteiger partial charge on any atom is -0.451 e. The lowest BCUT2D eigenvalue weighted by Gasteiger charge is -2.04. The van der Waals surface area contributed by atoms with Gasteiger partial charge in [-0.1, -0.05) is 18.2 Å². The van der Waals surface area contributed by atoms with E-state index in [9.17, 15) is 4.79 Å². The van der Waals surface area contributed by atoms with Crippen LogP contribution in [0.5, 0.6) is 0 Å². The van der Waals surface area contributed by atoms with Gasteiger partial charge in [0.25, 0.3) is 5.91 Å². The minimum atomic E-state index is -0.326. The van der Waals surface area contributed by atoms with Crippen molar-refractivity contribution in [1.82, 2.24) is 5.32 Å². The van der Waals surface area contributed by atoms with Crippen LogP contribution < -0.4 is 5.32 Å². The fourth-order valence-corrected chi connectivity index (χ4v) is 1.78. The largest absolute Gasteiger partial charge is 0.451 e. The van der Waals surface area contributed by atoms with E-state index in [2.05, 4.69) is 5.32 Å². The summed E-state index contributed by atoms with van der Waals surface area (Å²) in [5.74, 6) is 0.116. The van der Waals surface area contributed by atoms with Crippen LogP contribution in [0.3, 0.4) is 0 Å². The molecule has 0 fully saturated rings. The Labute approximate surface area is 106 Å². The molecule has 96 valence electrons. The van der Waals surface area contributed by atoms with Gasteiger partial charge in [0.1, 0.15) is 5.58 Å².